The first-order valence-electron chi connectivity index (χ1n) is 7.58. The van der Waals surface area contributed by atoms with E-state index in [-0.39, 0.29) is 17.2 Å². The average Bonchev–Trinajstić information content (AvgIpc) is 3.01. The van der Waals surface area contributed by atoms with Crippen LogP contribution in [0.2, 0.25) is 0 Å². The Morgan fingerprint density at radius 1 is 1.43 bits per heavy atom. The zero-order valence-corrected chi connectivity index (χ0v) is 14.6. The highest BCUT2D eigenvalue weighted by molar-refractivity contribution is 7.99. The smallest absolute Gasteiger partial charge is 0.343 e. The summed E-state index contributed by atoms with van der Waals surface area (Å²) in [6.07, 6.45) is 2.65. The van der Waals surface area contributed by atoms with E-state index in [1.54, 1.807) is 4.57 Å². The molecule has 0 saturated heterocycles. The third-order valence-electron chi connectivity index (χ3n) is 3.69. The second kappa shape index (κ2) is 7.50. The molecule has 6 nitrogen and oxygen atoms in total. The van der Waals surface area contributed by atoms with Crippen LogP contribution in [0.3, 0.4) is 0 Å². The molecule has 0 aliphatic rings. The molecule has 2 heterocycles. The number of aromatic amines is 1. The minimum Gasteiger partial charge on any atom is -0.345 e. The number of carbonyl (C=O) groups is 1. The number of hydrogen-bond acceptors (Lipinski definition) is 4. The van der Waals surface area contributed by atoms with Gasteiger partial charge in [0.25, 0.3) is 0 Å². The normalized spacial score (nSPS) is 10.9. The van der Waals surface area contributed by atoms with Gasteiger partial charge in [-0.25, -0.2) is 9.89 Å². The summed E-state index contributed by atoms with van der Waals surface area (Å²) in [4.78, 5) is 24.2. The van der Waals surface area contributed by atoms with Gasteiger partial charge < -0.3 is 4.57 Å². The lowest BCUT2D eigenvalue weighted by atomic mass is 10.2. The molecule has 0 aliphatic carbocycles. The van der Waals surface area contributed by atoms with E-state index in [2.05, 4.69) is 21.3 Å². The molecule has 7 heteroatoms. The lowest BCUT2D eigenvalue weighted by Gasteiger charge is -2.06. The van der Waals surface area contributed by atoms with Crippen molar-refractivity contribution < 1.29 is 4.79 Å². The summed E-state index contributed by atoms with van der Waals surface area (Å²) >= 11 is 1.29. The Hall–Kier alpha value is -2.02. The lowest BCUT2D eigenvalue weighted by Crippen LogP contribution is -2.17. The van der Waals surface area contributed by atoms with E-state index in [1.807, 2.05) is 32.9 Å². The number of allylic oxidation sites excluding steroid dienone is 1. The molecule has 0 bridgehead atoms. The molecule has 0 fully saturated rings. The number of aryl methyl sites for hydroxylation is 1. The van der Waals surface area contributed by atoms with Crippen LogP contribution < -0.4 is 5.69 Å². The number of carbonyl (C=O) groups excluding carboxylic acids is 1. The van der Waals surface area contributed by atoms with Gasteiger partial charge in [0.1, 0.15) is 0 Å². The van der Waals surface area contributed by atoms with E-state index in [0.29, 0.717) is 18.2 Å². The van der Waals surface area contributed by atoms with Crippen LogP contribution in [0.4, 0.5) is 0 Å². The van der Waals surface area contributed by atoms with Crippen molar-refractivity contribution in [1.82, 2.24) is 19.3 Å². The molecule has 0 saturated carbocycles. The molecule has 0 unspecified atom stereocenters. The van der Waals surface area contributed by atoms with Crippen molar-refractivity contribution in [2.45, 2.75) is 45.4 Å². The lowest BCUT2D eigenvalue weighted by molar-refractivity contribution is 0.102. The van der Waals surface area contributed by atoms with Crippen LogP contribution in [-0.4, -0.2) is 30.9 Å². The van der Waals surface area contributed by atoms with Crippen molar-refractivity contribution in [3.05, 3.63) is 46.2 Å². The highest BCUT2D eigenvalue weighted by Crippen LogP contribution is 2.20. The van der Waals surface area contributed by atoms with E-state index in [0.717, 1.165) is 23.4 Å². The Balaban J connectivity index is 2.13. The van der Waals surface area contributed by atoms with Crippen molar-refractivity contribution in [1.29, 1.82) is 0 Å². The summed E-state index contributed by atoms with van der Waals surface area (Å²) in [6, 6.07) is 1.91. The molecule has 2 rings (SSSR count). The highest BCUT2D eigenvalue weighted by atomic mass is 32.2. The van der Waals surface area contributed by atoms with Gasteiger partial charge in [-0.15, -0.1) is 11.7 Å². The first kappa shape index (κ1) is 17.3. The molecule has 2 aromatic heterocycles. The molecule has 2 aromatic rings. The predicted octanol–water partition coefficient (Wildman–Crippen LogP) is 2.56. The van der Waals surface area contributed by atoms with Gasteiger partial charge in [-0.2, -0.15) is 0 Å². The molecule has 1 N–H and O–H groups in total. The summed E-state index contributed by atoms with van der Waals surface area (Å²) < 4.78 is 3.63. The van der Waals surface area contributed by atoms with Crippen molar-refractivity contribution >= 4 is 17.5 Å². The van der Waals surface area contributed by atoms with Gasteiger partial charge in [0, 0.05) is 30.0 Å². The Morgan fingerprint density at radius 2 is 2.17 bits per heavy atom. The SMILES string of the molecule is C=CCn1c(C)cc(C(=O)CSc2n[nH]c(=O)n2CCC)c1C. The van der Waals surface area contributed by atoms with Crippen LogP contribution in [0, 0.1) is 13.8 Å². The van der Waals surface area contributed by atoms with Crippen molar-refractivity contribution in [2.75, 3.05) is 5.75 Å². The monoisotopic (exact) mass is 334 g/mol. The first-order valence-corrected chi connectivity index (χ1v) is 8.57. The van der Waals surface area contributed by atoms with Crippen LogP contribution >= 0.6 is 11.8 Å². The van der Waals surface area contributed by atoms with Crippen molar-refractivity contribution in [2.24, 2.45) is 0 Å². The fourth-order valence-corrected chi connectivity index (χ4v) is 3.39. The van der Waals surface area contributed by atoms with Gasteiger partial charge in [-0.05, 0) is 26.3 Å². The second-order valence-corrected chi connectivity index (χ2v) is 6.30. The minimum atomic E-state index is -0.231. The molecule has 0 radical (unpaired) electrons. The van der Waals surface area contributed by atoms with Crippen LogP contribution in [0.1, 0.15) is 35.1 Å². The zero-order chi connectivity index (χ0) is 17.0. The number of aromatic nitrogens is 4. The van der Waals surface area contributed by atoms with Gasteiger partial charge in [0.15, 0.2) is 10.9 Å². The van der Waals surface area contributed by atoms with Crippen LogP contribution in [0.5, 0.6) is 0 Å². The molecular weight excluding hydrogens is 312 g/mol. The molecule has 0 spiro atoms. The fraction of sp³-hybridized carbons (Fsp3) is 0.438. The topological polar surface area (TPSA) is 72.7 Å². The maximum atomic E-state index is 12.5. The zero-order valence-electron chi connectivity index (χ0n) is 13.8. The van der Waals surface area contributed by atoms with Crippen LogP contribution in [-0.2, 0) is 13.1 Å². The van der Waals surface area contributed by atoms with E-state index in [4.69, 9.17) is 0 Å². The third-order valence-corrected chi connectivity index (χ3v) is 4.66. The van der Waals surface area contributed by atoms with Crippen LogP contribution in [0.25, 0.3) is 0 Å². The maximum Gasteiger partial charge on any atom is 0.343 e. The summed E-state index contributed by atoms with van der Waals surface area (Å²) in [7, 11) is 0. The summed E-state index contributed by atoms with van der Waals surface area (Å²) in [5.74, 6) is 0.295. The summed E-state index contributed by atoms with van der Waals surface area (Å²) in [6.45, 7) is 10.9. The maximum absolute atomic E-state index is 12.5. The molecule has 124 valence electrons. The van der Waals surface area contributed by atoms with E-state index in [1.165, 1.54) is 11.8 Å². The molecule has 0 amide bonds. The Morgan fingerprint density at radius 3 is 2.83 bits per heavy atom. The largest absolute Gasteiger partial charge is 0.345 e. The number of rotatable bonds is 8. The van der Waals surface area contributed by atoms with Gasteiger partial charge in [0.2, 0.25) is 0 Å². The second-order valence-electron chi connectivity index (χ2n) is 5.36. The minimum absolute atomic E-state index is 0.0388. The third kappa shape index (κ3) is 3.67. The number of H-pyrrole nitrogens is 1. The highest BCUT2D eigenvalue weighted by Gasteiger charge is 2.17. The van der Waals surface area contributed by atoms with Gasteiger partial charge in [0.05, 0.1) is 5.75 Å². The van der Waals surface area contributed by atoms with E-state index in [9.17, 15) is 9.59 Å². The number of hydrogen-bond donors (Lipinski definition) is 1. The number of ketones is 1. The predicted molar refractivity (Wildman–Crippen MR) is 92.3 cm³/mol. The Labute approximate surface area is 139 Å². The summed E-state index contributed by atoms with van der Waals surface area (Å²) in [5, 5.41) is 6.99. The van der Waals surface area contributed by atoms with Gasteiger partial charge in [-0.1, -0.05) is 24.8 Å². The van der Waals surface area contributed by atoms with Crippen molar-refractivity contribution in [3.63, 3.8) is 0 Å². The first-order chi connectivity index (χ1) is 11.0. The number of Topliss-reactive ketones (excluding diaryl/α,β-unsaturated/α-hetero) is 1. The molecule has 0 aliphatic heterocycles. The molecular formula is C16H22N4O2S. The number of nitrogens with one attached hydrogen (secondary N) is 1. The van der Waals surface area contributed by atoms with Crippen molar-refractivity contribution in [3.8, 4) is 0 Å². The molecule has 0 atom stereocenters. The number of nitrogens with zero attached hydrogens (tertiary/aromatic N) is 3. The average molecular weight is 334 g/mol. The summed E-state index contributed by atoms with van der Waals surface area (Å²) in [5.41, 5.74) is 2.47. The standard InChI is InChI=1S/C16H22N4O2S/c1-5-7-19-11(3)9-13(12(19)4)14(21)10-23-16-18-17-15(22)20(16)8-6-2/h5,9H,1,6-8,10H2,2-4H3,(H,17,22). The molecule has 0 aromatic carbocycles. The quantitative estimate of drug-likeness (QED) is 0.457. The Bertz CT molecular complexity index is 770. The Kier molecular flexibility index (Phi) is 5.65. The van der Waals surface area contributed by atoms with Crippen LogP contribution in [0.15, 0.2) is 28.7 Å². The number of thioether (sulfide) groups is 1. The van der Waals surface area contributed by atoms with E-state index < -0.39 is 0 Å². The fourth-order valence-electron chi connectivity index (χ4n) is 2.54. The van der Waals surface area contributed by atoms with Gasteiger partial charge >= 0.3 is 5.69 Å². The molecule has 23 heavy (non-hydrogen) atoms. The van der Waals surface area contributed by atoms with Gasteiger partial charge in [-0.3, -0.25) is 9.36 Å². The van der Waals surface area contributed by atoms with E-state index >= 15 is 0 Å².